The maximum atomic E-state index is 3.60. The molecule has 6 heavy (non-hydrogen) atoms. The molecular formula is C3H10BrNSi. The molecule has 3 heteroatoms. The molecule has 0 aromatic carbocycles. The van der Waals surface area contributed by atoms with Gasteiger partial charge in [-0.2, -0.15) is 0 Å². The lowest BCUT2D eigenvalue weighted by molar-refractivity contribution is -0.367. The van der Waals surface area contributed by atoms with Gasteiger partial charge in [0.15, 0.2) is 0 Å². The zero-order chi connectivity index (χ0) is 3.41. The highest BCUT2D eigenvalue weighted by Crippen LogP contribution is 1.54. The first-order valence-electron chi connectivity index (χ1n) is 1.71. The summed E-state index contributed by atoms with van der Waals surface area (Å²) in [5.41, 5.74) is 3.60. The summed E-state index contributed by atoms with van der Waals surface area (Å²) in [7, 11) is 0. The van der Waals surface area contributed by atoms with Crippen LogP contribution in [0.15, 0.2) is 0 Å². The molecule has 1 nitrogen and oxygen atoms in total. The summed E-state index contributed by atoms with van der Waals surface area (Å²) in [6, 6.07) is 0. The Morgan fingerprint density at radius 3 is 1.67 bits per heavy atom. The minimum absolute atomic E-state index is 0. The molecule has 0 bridgehead atoms. The first kappa shape index (κ1) is 15.9. The third-order valence-electron chi connectivity index (χ3n) is 0.354. The highest BCUT2D eigenvalue weighted by atomic mass is 79.9. The quantitative estimate of drug-likeness (QED) is 0.390. The summed E-state index contributed by atoms with van der Waals surface area (Å²) in [4.78, 5) is 0. The van der Waals surface area contributed by atoms with Crippen molar-refractivity contribution in [3.05, 3.63) is 0 Å². The van der Waals surface area contributed by atoms with E-state index >= 15 is 0 Å². The minimum Gasteiger partial charge on any atom is -1.00 e. The maximum absolute atomic E-state index is 3.60. The SMILES string of the molecule is CCC[NH3+].[Br-].[Si]. The topological polar surface area (TPSA) is 27.6 Å². The predicted molar refractivity (Wildman–Crippen MR) is 23.8 cm³/mol. The van der Waals surface area contributed by atoms with E-state index in [-0.39, 0.29) is 27.9 Å². The Morgan fingerprint density at radius 1 is 1.50 bits per heavy atom. The van der Waals surface area contributed by atoms with Gasteiger partial charge in [0.1, 0.15) is 0 Å². The van der Waals surface area contributed by atoms with Crippen LogP contribution in [0.1, 0.15) is 13.3 Å². The smallest absolute Gasteiger partial charge is 0.0737 e. The van der Waals surface area contributed by atoms with E-state index < -0.39 is 0 Å². The molecule has 0 saturated carbocycles. The second-order valence-corrected chi connectivity index (χ2v) is 0.854. The third-order valence-corrected chi connectivity index (χ3v) is 0.354. The fraction of sp³-hybridized carbons (Fsp3) is 1.00. The van der Waals surface area contributed by atoms with Crippen LogP contribution in [0.2, 0.25) is 0 Å². The van der Waals surface area contributed by atoms with Crippen molar-refractivity contribution in [2.24, 2.45) is 0 Å². The lowest BCUT2D eigenvalue weighted by Crippen LogP contribution is -3.00. The van der Waals surface area contributed by atoms with Crippen molar-refractivity contribution < 1.29 is 22.7 Å². The van der Waals surface area contributed by atoms with Crippen molar-refractivity contribution in [3.63, 3.8) is 0 Å². The fourth-order valence-electron chi connectivity index (χ4n) is 0. The molecule has 0 saturated heterocycles. The van der Waals surface area contributed by atoms with Crippen LogP contribution in [0.4, 0.5) is 0 Å². The first-order valence-corrected chi connectivity index (χ1v) is 1.71. The van der Waals surface area contributed by atoms with Crippen molar-refractivity contribution in [3.8, 4) is 0 Å². The van der Waals surface area contributed by atoms with Gasteiger partial charge in [-0.3, -0.25) is 0 Å². The van der Waals surface area contributed by atoms with E-state index in [0.29, 0.717) is 0 Å². The molecule has 0 rings (SSSR count). The Kier molecular flexibility index (Phi) is 46.1. The third kappa shape index (κ3) is 22.7. The van der Waals surface area contributed by atoms with Crippen molar-refractivity contribution in [1.29, 1.82) is 0 Å². The molecule has 3 N–H and O–H groups in total. The van der Waals surface area contributed by atoms with Crippen LogP contribution in [0.5, 0.6) is 0 Å². The van der Waals surface area contributed by atoms with Gasteiger partial charge in [-0.05, 0) is 6.42 Å². The molecule has 0 aromatic heterocycles. The van der Waals surface area contributed by atoms with Gasteiger partial charge < -0.3 is 22.7 Å². The Bertz CT molecular complexity index is 12.8. The Labute approximate surface area is 54.1 Å². The molecule has 0 fully saturated rings. The molecule has 0 heterocycles. The van der Waals surface area contributed by atoms with Crippen molar-refractivity contribution >= 4 is 11.0 Å². The molecule has 38 valence electrons. The highest BCUT2D eigenvalue weighted by Gasteiger charge is 1.59. The molecule has 0 aliphatic heterocycles. The van der Waals surface area contributed by atoms with Crippen LogP contribution in [0.3, 0.4) is 0 Å². The number of hydrogen-bond acceptors (Lipinski definition) is 0. The maximum Gasteiger partial charge on any atom is 0.0737 e. The molecular weight excluding hydrogens is 158 g/mol. The van der Waals surface area contributed by atoms with E-state index in [2.05, 4.69) is 12.7 Å². The summed E-state index contributed by atoms with van der Waals surface area (Å²) < 4.78 is 0. The van der Waals surface area contributed by atoms with Gasteiger partial charge in [0.05, 0.1) is 6.54 Å². The normalized spacial score (nSPS) is 5.00. The average molecular weight is 168 g/mol. The van der Waals surface area contributed by atoms with Gasteiger partial charge in [0, 0.05) is 11.0 Å². The zero-order valence-corrected chi connectivity index (χ0v) is 6.59. The molecule has 0 aromatic rings. The molecule has 0 atom stereocenters. The van der Waals surface area contributed by atoms with E-state index in [9.17, 15) is 0 Å². The lowest BCUT2D eigenvalue weighted by atomic mass is 10.5. The van der Waals surface area contributed by atoms with E-state index in [1.54, 1.807) is 0 Å². The molecule has 4 radical (unpaired) electrons. The van der Waals surface area contributed by atoms with E-state index in [1.807, 2.05) is 0 Å². The van der Waals surface area contributed by atoms with Crippen LogP contribution >= 0.6 is 0 Å². The molecule has 0 unspecified atom stereocenters. The van der Waals surface area contributed by atoms with Gasteiger partial charge in [-0.15, -0.1) is 0 Å². The van der Waals surface area contributed by atoms with Crippen LogP contribution in [0.25, 0.3) is 0 Å². The van der Waals surface area contributed by atoms with E-state index in [4.69, 9.17) is 0 Å². The summed E-state index contributed by atoms with van der Waals surface area (Å²) in [6.07, 6.45) is 1.21. The first-order chi connectivity index (χ1) is 1.91. The van der Waals surface area contributed by atoms with Crippen molar-refractivity contribution in [1.82, 2.24) is 0 Å². The van der Waals surface area contributed by atoms with E-state index in [0.717, 1.165) is 6.54 Å². The Hall–Kier alpha value is 0.657. The number of halogens is 1. The second-order valence-electron chi connectivity index (χ2n) is 0.854. The van der Waals surface area contributed by atoms with Crippen molar-refractivity contribution in [2.45, 2.75) is 13.3 Å². The number of rotatable bonds is 1. The fourth-order valence-corrected chi connectivity index (χ4v) is 0. The van der Waals surface area contributed by atoms with Crippen LogP contribution in [-0.4, -0.2) is 17.5 Å². The van der Waals surface area contributed by atoms with Gasteiger partial charge in [0.25, 0.3) is 0 Å². The molecule has 0 amide bonds. The Balaban J connectivity index is -0.0000000450. The summed E-state index contributed by atoms with van der Waals surface area (Å²) in [5.74, 6) is 0. The molecule has 0 aliphatic carbocycles. The largest absolute Gasteiger partial charge is 1.00 e. The zero-order valence-electron chi connectivity index (χ0n) is 4.00. The second kappa shape index (κ2) is 17.4. The summed E-state index contributed by atoms with van der Waals surface area (Å²) in [5, 5.41) is 0. The van der Waals surface area contributed by atoms with Crippen LogP contribution < -0.4 is 22.7 Å². The van der Waals surface area contributed by atoms with Crippen LogP contribution in [0, 0.1) is 0 Å². The monoisotopic (exact) mass is 167 g/mol. The molecule has 0 spiro atoms. The van der Waals surface area contributed by atoms with Gasteiger partial charge in [-0.1, -0.05) is 6.92 Å². The van der Waals surface area contributed by atoms with Crippen LogP contribution in [-0.2, 0) is 0 Å². The van der Waals surface area contributed by atoms with Gasteiger partial charge in [0.2, 0.25) is 0 Å². The lowest BCUT2D eigenvalue weighted by Gasteiger charge is -1.66. The standard InChI is InChI=1S/C3H9N.BrH.Si/c1-2-3-4;;/h2-4H2,1H3;1H;. The van der Waals surface area contributed by atoms with Gasteiger partial charge >= 0.3 is 0 Å². The Morgan fingerprint density at radius 2 is 1.67 bits per heavy atom. The van der Waals surface area contributed by atoms with Crippen molar-refractivity contribution in [2.75, 3.05) is 6.54 Å². The summed E-state index contributed by atoms with van der Waals surface area (Å²) >= 11 is 0. The van der Waals surface area contributed by atoms with E-state index in [1.165, 1.54) is 6.42 Å². The number of hydrogen-bond donors (Lipinski definition) is 1. The number of quaternary nitrogens is 1. The summed E-state index contributed by atoms with van der Waals surface area (Å²) in [6.45, 7) is 3.19. The predicted octanol–water partition coefficient (Wildman–Crippen LogP) is -3.74. The molecule has 0 aliphatic rings. The van der Waals surface area contributed by atoms with Gasteiger partial charge in [-0.25, -0.2) is 0 Å². The average Bonchev–Trinajstić information content (AvgIpc) is 1.37. The minimum atomic E-state index is 0. The highest BCUT2D eigenvalue weighted by molar-refractivity contribution is 5.75.